The number of benzene rings is 1. The number of carbonyl (C=O) groups excluding carboxylic acids is 2. The summed E-state index contributed by atoms with van der Waals surface area (Å²) in [5.74, 6) is -1.42. The van der Waals surface area contributed by atoms with Gasteiger partial charge in [-0.3, -0.25) is 9.59 Å². The van der Waals surface area contributed by atoms with Gasteiger partial charge < -0.3 is 14.8 Å². The second-order valence-electron chi connectivity index (χ2n) is 3.62. The summed E-state index contributed by atoms with van der Waals surface area (Å²) in [6.45, 7) is -0.464. The van der Waals surface area contributed by atoms with E-state index in [1.807, 2.05) is 0 Å². The minimum Gasteiger partial charge on any atom is -0.453 e. The molecule has 19 heavy (non-hydrogen) atoms. The van der Waals surface area contributed by atoms with Crippen LogP contribution in [0.2, 0.25) is 0 Å². The van der Waals surface area contributed by atoms with Gasteiger partial charge in [-0.25, -0.2) is 0 Å². The zero-order valence-electron chi connectivity index (χ0n) is 10.4. The van der Waals surface area contributed by atoms with Crippen LogP contribution in [0.25, 0.3) is 0 Å². The topological polar surface area (TPSA) is 64.6 Å². The Morgan fingerprint density at radius 3 is 2.47 bits per heavy atom. The molecule has 1 rings (SSSR count). The molecule has 1 aromatic rings. The summed E-state index contributed by atoms with van der Waals surface area (Å²) in [5, 5.41) is 2.35. The van der Waals surface area contributed by atoms with Crippen LogP contribution >= 0.6 is 0 Å². The maximum Gasteiger partial charge on any atom is 0.387 e. The molecule has 5 nitrogen and oxygen atoms in total. The first-order valence-corrected chi connectivity index (χ1v) is 5.42. The molecule has 104 valence electrons. The summed E-state index contributed by atoms with van der Waals surface area (Å²) < 4.78 is 33.2. The van der Waals surface area contributed by atoms with Gasteiger partial charge in [-0.15, -0.1) is 0 Å². The van der Waals surface area contributed by atoms with Gasteiger partial charge in [0.25, 0.3) is 5.91 Å². The van der Waals surface area contributed by atoms with Gasteiger partial charge in [0.1, 0.15) is 5.75 Å². The molecule has 0 fully saturated rings. The molecule has 0 aliphatic carbocycles. The molecule has 0 aliphatic heterocycles. The SMILES string of the molecule is CC(=O)O[C@@H](C)C(=O)Nc1ccccc1OC(F)F. The second kappa shape index (κ2) is 6.67. The molecular formula is C12H13F2NO4. The number of carbonyl (C=O) groups is 2. The van der Waals surface area contributed by atoms with Crippen LogP contribution in [0, 0.1) is 0 Å². The molecule has 0 saturated heterocycles. The monoisotopic (exact) mass is 273 g/mol. The van der Waals surface area contributed by atoms with Crippen LogP contribution in [0.15, 0.2) is 24.3 Å². The highest BCUT2D eigenvalue weighted by molar-refractivity contribution is 5.96. The normalized spacial score (nSPS) is 11.8. The number of amides is 1. The summed E-state index contributed by atoms with van der Waals surface area (Å²) in [6.07, 6.45) is -1.03. The summed E-state index contributed by atoms with van der Waals surface area (Å²) in [7, 11) is 0. The summed E-state index contributed by atoms with van der Waals surface area (Å²) >= 11 is 0. The van der Waals surface area contributed by atoms with Gasteiger partial charge in [-0.1, -0.05) is 12.1 Å². The molecule has 0 radical (unpaired) electrons. The van der Waals surface area contributed by atoms with Gasteiger partial charge in [0.2, 0.25) is 0 Å². The highest BCUT2D eigenvalue weighted by Crippen LogP contribution is 2.25. The highest BCUT2D eigenvalue weighted by Gasteiger charge is 2.18. The van der Waals surface area contributed by atoms with Gasteiger partial charge in [0.05, 0.1) is 5.69 Å². The van der Waals surface area contributed by atoms with Crippen molar-refractivity contribution in [3.8, 4) is 5.75 Å². The number of rotatable bonds is 5. The maximum absolute atomic E-state index is 12.2. The van der Waals surface area contributed by atoms with E-state index in [4.69, 9.17) is 0 Å². The molecule has 0 aromatic heterocycles. The fraction of sp³-hybridized carbons (Fsp3) is 0.333. The van der Waals surface area contributed by atoms with E-state index in [1.165, 1.54) is 25.1 Å². The molecule has 1 atom stereocenters. The zero-order chi connectivity index (χ0) is 14.4. The Morgan fingerprint density at radius 2 is 1.89 bits per heavy atom. The van der Waals surface area contributed by atoms with Crippen molar-refractivity contribution >= 4 is 17.6 Å². The highest BCUT2D eigenvalue weighted by atomic mass is 19.3. The first-order valence-electron chi connectivity index (χ1n) is 5.42. The van der Waals surface area contributed by atoms with Crippen molar-refractivity contribution in [2.45, 2.75) is 26.6 Å². The van der Waals surface area contributed by atoms with Crippen molar-refractivity contribution in [2.75, 3.05) is 5.32 Å². The summed E-state index contributed by atoms with van der Waals surface area (Å²) in [4.78, 5) is 22.4. The molecule has 0 aliphatic rings. The van der Waals surface area contributed by atoms with E-state index in [0.717, 1.165) is 6.92 Å². The molecule has 0 heterocycles. The van der Waals surface area contributed by atoms with E-state index in [0.29, 0.717) is 0 Å². The minimum absolute atomic E-state index is 0.0757. The molecule has 1 amide bonds. The summed E-state index contributed by atoms with van der Waals surface area (Å²) in [5.41, 5.74) is 0.0757. The lowest BCUT2D eigenvalue weighted by Crippen LogP contribution is -2.29. The number of para-hydroxylation sites is 2. The van der Waals surface area contributed by atoms with Crippen LogP contribution in [0.3, 0.4) is 0 Å². The molecule has 0 saturated carbocycles. The fourth-order valence-corrected chi connectivity index (χ4v) is 1.31. The molecule has 1 N–H and O–H groups in total. The lowest BCUT2D eigenvalue weighted by atomic mass is 10.2. The Balaban J connectivity index is 2.76. The van der Waals surface area contributed by atoms with Crippen molar-refractivity contribution in [3.05, 3.63) is 24.3 Å². The van der Waals surface area contributed by atoms with Crippen molar-refractivity contribution in [3.63, 3.8) is 0 Å². The third-order valence-corrected chi connectivity index (χ3v) is 2.07. The predicted molar refractivity (Wildman–Crippen MR) is 62.9 cm³/mol. The Bertz CT molecular complexity index is 465. The summed E-state index contributed by atoms with van der Waals surface area (Å²) in [6, 6.07) is 5.72. The third-order valence-electron chi connectivity index (χ3n) is 2.07. The van der Waals surface area contributed by atoms with Crippen LogP contribution in [0.1, 0.15) is 13.8 Å². The predicted octanol–water partition coefficient (Wildman–Crippen LogP) is 2.18. The number of hydrogen-bond donors (Lipinski definition) is 1. The number of ether oxygens (including phenoxy) is 2. The first kappa shape index (κ1) is 14.9. The Hall–Kier alpha value is -2.18. The molecular weight excluding hydrogens is 260 g/mol. The van der Waals surface area contributed by atoms with Crippen LogP contribution in [0.5, 0.6) is 5.75 Å². The fourth-order valence-electron chi connectivity index (χ4n) is 1.31. The van der Waals surface area contributed by atoms with Gasteiger partial charge in [0.15, 0.2) is 6.10 Å². The number of anilines is 1. The van der Waals surface area contributed by atoms with Crippen LogP contribution in [0.4, 0.5) is 14.5 Å². The minimum atomic E-state index is -3.00. The van der Waals surface area contributed by atoms with Crippen molar-refractivity contribution in [2.24, 2.45) is 0 Å². The third kappa shape index (κ3) is 4.90. The van der Waals surface area contributed by atoms with E-state index >= 15 is 0 Å². The van der Waals surface area contributed by atoms with Crippen molar-refractivity contribution in [1.82, 2.24) is 0 Å². The van der Waals surface area contributed by atoms with E-state index in [-0.39, 0.29) is 11.4 Å². The second-order valence-corrected chi connectivity index (χ2v) is 3.62. The smallest absolute Gasteiger partial charge is 0.387 e. The number of esters is 1. The van der Waals surface area contributed by atoms with Gasteiger partial charge in [0, 0.05) is 6.92 Å². The van der Waals surface area contributed by atoms with Crippen molar-refractivity contribution < 1.29 is 27.8 Å². The molecule has 1 aromatic carbocycles. The quantitative estimate of drug-likeness (QED) is 0.835. The number of hydrogen-bond acceptors (Lipinski definition) is 4. The molecule has 0 unspecified atom stereocenters. The van der Waals surface area contributed by atoms with E-state index in [9.17, 15) is 18.4 Å². The Kier molecular flexibility index (Phi) is 5.23. The Morgan fingerprint density at radius 1 is 1.26 bits per heavy atom. The molecule has 0 bridgehead atoms. The van der Waals surface area contributed by atoms with E-state index in [2.05, 4.69) is 14.8 Å². The van der Waals surface area contributed by atoms with Crippen LogP contribution < -0.4 is 10.1 Å². The maximum atomic E-state index is 12.2. The van der Waals surface area contributed by atoms with E-state index in [1.54, 1.807) is 6.07 Å². The van der Waals surface area contributed by atoms with Crippen LogP contribution in [-0.2, 0) is 14.3 Å². The van der Waals surface area contributed by atoms with Gasteiger partial charge >= 0.3 is 12.6 Å². The Labute approximate surface area is 108 Å². The lowest BCUT2D eigenvalue weighted by Gasteiger charge is -2.14. The van der Waals surface area contributed by atoms with Crippen molar-refractivity contribution in [1.29, 1.82) is 0 Å². The molecule has 7 heteroatoms. The largest absolute Gasteiger partial charge is 0.453 e. The lowest BCUT2D eigenvalue weighted by molar-refractivity contribution is -0.150. The first-order chi connectivity index (χ1) is 8.90. The van der Waals surface area contributed by atoms with E-state index < -0.39 is 24.6 Å². The zero-order valence-corrected chi connectivity index (χ0v) is 10.4. The number of halogens is 2. The van der Waals surface area contributed by atoms with Gasteiger partial charge in [-0.05, 0) is 19.1 Å². The average Bonchev–Trinajstić information content (AvgIpc) is 2.30. The van der Waals surface area contributed by atoms with Crippen LogP contribution in [-0.4, -0.2) is 24.6 Å². The average molecular weight is 273 g/mol. The number of nitrogens with one attached hydrogen (secondary N) is 1. The molecule has 0 spiro atoms. The van der Waals surface area contributed by atoms with Gasteiger partial charge in [-0.2, -0.15) is 8.78 Å². The number of alkyl halides is 2. The standard InChI is InChI=1S/C12H13F2NO4/c1-7(18-8(2)16)11(17)15-9-5-3-4-6-10(9)19-12(13)14/h3-7,12H,1-2H3,(H,15,17)/t7-/m0/s1.